The molecule has 16 heavy (non-hydrogen) atoms. The van der Waals surface area contributed by atoms with Crippen molar-refractivity contribution in [1.82, 2.24) is 10.0 Å². The Morgan fingerprint density at radius 1 is 1.06 bits per heavy atom. The molecule has 0 bridgehead atoms. The van der Waals surface area contributed by atoms with Crippen molar-refractivity contribution in [3.8, 4) is 0 Å². The smallest absolute Gasteiger partial charge is 0.261 e. The van der Waals surface area contributed by atoms with E-state index >= 15 is 0 Å². The van der Waals surface area contributed by atoms with Crippen LogP contribution in [0.3, 0.4) is 0 Å². The Morgan fingerprint density at radius 3 is 1.88 bits per heavy atom. The van der Waals surface area contributed by atoms with Crippen LogP contribution in [0, 0.1) is 11.8 Å². The van der Waals surface area contributed by atoms with Gasteiger partial charge in [-0.1, -0.05) is 34.3 Å². The van der Waals surface area contributed by atoms with Gasteiger partial charge in [-0.3, -0.25) is 9.80 Å². The summed E-state index contributed by atoms with van der Waals surface area (Å²) in [6, 6.07) is -0.625. The molecule has 1 aliphatic rings. The number of carbonyl (C=O) groups excluding carboxylic acids is 1. The molecule has 92 valence electrons. The molecule has 0 saturated carbocycles. The third-order valence-corrected chi connectivity index (χ3v) is 3.04. The summed E-state index contributed by atoms with van der Waals surface area (Å²) in [5, 5.41) is 2.75. The number of piperazine rings is 1. The highest BCUT2D eigenvalue weighted by Gasteiger charge is 2.42. The number of nitrogens with two attached hydrogens (primary N) is 2. The van der Waals surface area contributed by atoms with E-state index in [2.05, 4.69) is 6.58 Å². The summed E-state index contributed by atoms with van der Waals surface area (Å²) < 4.78 is 0. The van der Waals surface area contributed by atoms with Crippen molar-refractivity contribution >= 4 is 5.91 Å². The maximum Gasteiger partial charge on any atom is 0.261 e. The number of rotatable bonds is 2. The SMILES string of the molecule is C=C1C(C(C)C)N(N)C(=O)C(C(C)C)N1N. The first-order chi connectivity index (χ1) is 7.29. The monoisotopic (exact) mass is 226 g/mol. The maximum absolute atomic E-state index is 12.1. The van der Waals surface area contributed by atoms with Gasteiger partial charge in [0, 0.05) is 5.70 Å². The molecule has 5 heteroatoms. The van der Waals surface area contributed by atoms with Gasteiger partial charge in [-0.15, -0.1) is 0 Å². The van der Waals surface area contributed by atoms with Gasteiger partial charge >= 0.3 is 0 Å². The fourth-order valence-corrected chi connectivity index (χ4v) is 2.21. The number of hydrazine groups is 2. The van der Waals surface area contributed by atoms with Gasteiger partial charge in [-0.25, -0.2) is 11.7 Å². The number of amides is 1. The van der Waals surface area contributed by atoms with Crippen LogP contribution >= 0.6 is 0 Å². The Balaban J connectivity index is 3.04. The predicted octanol–water partition coefficient (Wildman–Crippen LogP) is 0.441. The van der Waals surface area contributed by atoms with Crippen LogP contribution in [0.1, 0.15) is 27.7 Å². The minimum absolute atomic E-state index is 0.105. The second-order valence-electron chi connectivity index (χ2n) is 5.02. The summed E-state index contributed by atoms with van der Waals surface area (Å²) in [4.78, 5) is 12.1. The molecule has 0 spiro atoms. The topological polar surface area (TPSA) is 75.6 Å². The van der Waals surface area contributed by atoms with Crippen LogP contribution in [0.4, 0.5) is 0 Å². The van der Waals surface area contributed by atoms with Gasteiger partial charge in [0.05, 0.1) is 6.04 Å². The van der Waals surface area contributed by atoms with Gasteiger partial charge in [0.2, 0.25) is 0 Å². The van der Waals surface area contributed by atoms with Crippen molar-refractivity contribution in [1.29, 1.82) is 0 Å². The molecule has 1 aliphatic heterocycles. The zero-order valence-electron chi connectivity index (χ0n) is 10.5. The summed E-state index contributed by atoms with van der Waals surface area (Å²) in [7, 11) is 0. The fraction of sp³-hybridized carbons (Fsp3) is 0.727. The van der Waals surface area contributed by atoms with Gasteiger partial charge < -0.3 is 5.01 Å². The fourth-order valence-electron chi connectivity index (χ4n) is 2.21. The normalized spacial score (nSPS) is 27.2. The number of hydrogen-bond acceptors (Lipinski definition) is 4. The molecule has 1 amide bonds. The van der Waals surface area contributed by atoms with E-state index in [1.165, 1.54) is 10.0 Å². The third-order valence-electron chi connectivity index (χ3n) is 3.04. The number of hydrogen-bond donors (Lipinski definition) is 2. The van der Waals surface area contributed by atoms with Gasteiger partial charge in [-0.2, -0.15) is 0 Å². The average Bonchev–Trinajstić information content (AvgIpc) is 2.14. The lowest BCUT2D eigenvalue weighted by Gasteiger charge is -2.46. The standard InChI is InChI=1S/C11H22N4O/c1-6(2)9-8(5)14(12)10(7(3)4)11(16)15(9)13/h6-7,9-10H,5,12-13H2,1-4H3. The van der Waals surface area contributed by atoms with Crippen LogP contribution in [0.5, 0.6) is 0 Å². The van der Waals surface area contributed by atoms with Gasteiger partial charge in [0.25, 0.3) is 5.91 Å². The lowest BCUT2D eigenvalue weighted by molar-refractivity contribution is -0.146. The van der Waals surface area contributed by atoms with Gasteiger partial charge in [0.15, 0.2) is 0 Å². The minimum atomic E-state index is -0.410. The Labute approximate surface area is 97.0 Å². The van der Waals surface area contributed by atoms with E-state index < -0.39 is 6.04 Å². The molecule has 1 saturated heterocycles. The number of nitrogens with zero attached hydrogens (tertiary/aromatic N) is 2. The van der Waals surface area contributed by atoms with Crippen molar-refractivity contribution < 1.29 is 4.79 Å². The quantitative estimate of drug-likeness (QED) is 0.529. The predicted molar refractivity (Wildman–Crippen MR) is 63.5 cm³/mol. The molecule has 0 aliphatic carbocycles. The van der Waals surface area contributed by atoms with E-state index in [1.807, 2.05) is 27.7 Å². The largest absolute Gasteiger partial charge is 0.301 e. The molecule has 1 fully saturated rings. The average molecular weight is 226 g/mol. The molecule has 0 aromatic rings. The first-order valence-corrected chi connectivity index (χ1v) is 5.59. The second-order valence-corrected chi connectivity index (χ2v) is 5.02. The molecule has 2 atom stereocenters. The van der Waals surface area contributed by atoms with Crippen LogP contribution in [0.15, 0.2) is 12.3 Å². The lowest BCUT2D eigenvalue weighted by atomic mass is 9.92. The van der Waals surface area contributed by atoms with Crippen LogP contribution in [-0.2, 0) is 4.79 Å². The molecule has 0 aromatic carbocycles. The van der Waals surface area contributed by atoms with E-state index in [0.717, 1.165) is 0 Å². The summed E-state index contributed by atoms with van der Waals surface area (Å²) in [5.41, 5.74) is 0.704. The maximum atomic E-state index is 12.1. The van der Waals surface area contributed by atoms with E-state index in [1.54, 1.807) is 0 Å². The van der Waals surface area contributed by atoms with Crippen molar-refractivity contribution in [2.24, 2.45) is 23.5 Å². The van der Waals surface area contributed by atoms with Crippen LogP contribution in [-0.4, -0.2) is 28.0 Å². The summed E-state index contributed by atoms with van der Waals surface area (Å²) >= 11 is 0. The zero-order chi connectivity index (χ0) is 12.6. The van der Waals surface area contributed by atoms with Crippen molar-refractivity contribution in [2.75, 3.05) is 0 Å². The molecule has 0 radical (unpaired) electrons. The molecule has 1 rings (SSSR count). The second kappa shape index (κ2) is 4.43. The molecular weight excluding hydrogens is 204 g/mol. The molecule has 5 nitrogen and oxygen atoms in total. The Morgan fingerprint density at radius 2 is 1.50 bits per heavy atom. The Bertz CT molecular complexity index is 270. The van der Waals surface area contributed by atoms with Crippen molar-refractivity contribution in [3.63, 3.8) is 0 Å². The van der Waals surface area contributed by atoms with E-state index in [4.69, 9.17) is 11.7 Å². The number of carbonyl (C=O) groups is 1. The van der Waals surface area contributed by atoms with Crippen molar-refractivity contribution in [3.05, 3.63) is 12.3 Å². The molecule has 1 heterocycles. The molecular formula is C11H22N4O. The summed E-state index contributed by atoms with van der Waals surface area (Å²) in [5.74, 6) is 11.9. The van der Waals surface area contributed by atoms with E-state index in [9.17, 15) is 4.79 Å². The van der Waals surface area contributed by atoms with Gasteiger partial charge in [-0.05, 0) is 11.8 Å². The van der Waals surface area contributed by atoms with E-state index in [0.29, 0.717) is 5.70 Å². The highest BCUT2D eigenvalue weighted by atomic mass is 16.2. The first-order valence-electron chi connectivity index (χ1n) is 5.59. The van der Waals surface area contributed by atoms with Crippen LogP contribution in [0.25, 0.3) is 0 Å². The zero-order valence-corrected chi connectivity index (χ0v) is 10.5. The minimum Gasteiger partial charge on any atom is -0.301 e. The molecule has 2 unspecified atom stereocenters. The highest BCUT2D eigenvalue weighted by Crippen LogP contribution is 2.27. The molecule has 4 N–H and O–H groups in total. The van der Waals surface area contributed by atoms with Crippen LogP contribution < -0.4 is 11.7 Å². The molecule has 0 aromatic heterocycles. The first kappa shape index (κ1) is 13.0. The summed E-state index contributed by atoms with van der Waals surface area (Å²) in [6.45, 7) is 11.8. The van der Waals surface area contributed by atoms with E-state index in [-0.39, 0.29) is 23.8 Å². The third kappa shape index (κ3) is 1.92. The van der Waals surface area contributed by atoms with Gasteiger partial charge in [0.1, 0.15) is 6.04 Å². The lowest BCUT2D eigenvalue weighted by Crippen LogP contribution is -2.66. The summed E-state index contributed by atoms with van der Waals surface area (Å²) in [6.07, 6.45) is 0. The Hall–Kier alpha value is -1.07. The van der Waals surface area contributed by atoms with Crippen molar-refractivity contribution in [2.45, 2.75) is 39.8 Å². The van der Waals surface area contributed by atoms with Crippen LogP contribution in [0.2, 0.25) is 0 Å². The highest BCUT2D eigenvalue weighted by molar-refractivity contribution is 5.83. The Kier molecular flexibility index (Phi) is 3.60.